The van der Waals surface area contributed by atoms with Crippen LogP contribution in [0, 0.1) is 6.92 Å². The maximum Gasteiger partial charge on any atom is 0.126 e. The molecule has 2 heteroatoms. The molecule has 0 aliphatic carbocycles. The zero-order chi connectivity index (χ0) is 10.7. The molecule has 1 heterocycles. The molecule has 15 heavy (non-hydrogen) atoms. The second kappa shape index (κ2) is 4.49. The lowest BCUT2D eigenvalue weighted by Gasteiger charge is -2.09. The van der Waals surface area contributed by atoms with Crippen LogP contribution in [0.3, 0.4) is 0 Å². The Balaban J connectivity index is 1.94. The Morgan fingerprint density at radius 1 is 1.60 bits per heavy atom. The Labute approximate surface area is 90.5 Å². The van der Waals surface area contributed by atoms with E-state index in [4.69, 9.17) is 9.47 Å². The molecule has 0 bridgehead atoms. The van der Waals surface area contributed by atoms with Gasteiger partial charge in [0.2, 0.25) is 0 Å². The van der Waals surface area contributed by atoms with Gasteiger partial charge in [0.25, 0.3) is 0 Å². The van der Waals surface area contributed by atoms with Gasteiger partial charge in [-0.1, -0.05) is 23.8 Å². The summed E-state index contributed by atoms with van der Waals surface area (Å²) in [4.78, 5) is 0. The standard InChI is InChI=1S/C13H16O2/c1-3-6-14-9-12-8-11-7-10(2)4-5-13(11)15-12/h3-5,7,12H,1,6,8-9H2,2H3. The van der Waals surface area contributed by atoms with E-state index in [0.717, 1.165) is 12.2 Å². The zero-order valence-electron chi connectivity index (χ0n) is 9.03. The molecule has 0 saturated heterocycles. The number of ether oxygens (including phenoxy) is 2. The second-order valence-corrected chi connectivity index (χ2v) is 3.88. The summed E-state index contributed by atoms with van der Waals surface area (Å²) >= 11 is 0. The van der Waals surface area contributed by atoms with Crippen molar-refractivity contribution in [3.05, 3.63) is 42.0 Å². The number of rotatable bonds is 4. The molecule has 2 nitrogen and oxygen atoms in total. The molecule has 1 aliphatic heterocycles. The summed E-state index contributed by atoms with van der Waals surface area (Å²) in [6.07, 6.45) is 2.88. The number of aryl methyl sites for hydroxylation is 1. The highest BCUT2D eigenvalue weighted by Crippen LogP contribution is 2.29. The average Bonchev–Trinajstić information content (AvgIpc) is 2.60. The van der Waals surface area contributed by atoms with Crippen LogP contribution in [0.25, 0.3) is 0 Å². The molecule has 0 saturated carbocycles. The predicted molar refractivity (Wildman–Crippen MR) is 60.3 cm³/mol. The first-order valence-corrected chi connectivity index (χ1v) is 5.24. The Kier molecular flexibility index (Phi) is 3.07. The fraction of sp³-hybridized carbons (Fsp3) is 0.385. The first kappa shape index (κ1) is 10.2. The normalized spacial score (nSPS) is 18.3. The monoisotopic (exact) mass is 204 g/mol. The third kappa shape index (κ3) is 2.39. The van der Waals surface area contributed by atoms with Crippen LogP contribution in [-0.2, 0) is 11.2 Å². The molecule has 1 unspecified atom stereocenters. The minimum Gasteiger partial charge on any atom is -0.487 e. The largest absolute Gasteiger partial charge is 0.487 e. The molecule has 1 atom stereocenters. The van der Waals surface area contributed by atoms with Gasteiger partial charge in [-0.3, -0.25) is 0 Å². The Morgan fingerprint density at radius 3 is 3.27 bits per heavy atom. The molecule has 1 aromatic rings. The molecule has 0 spiro atoms. The van der Waals surface area contributed by atoms with Gasteiger partial charge in [0.15, 0.2) is 0 Å². The third-order valence-corrected chi connectivity index (χ3v) is 2.50. The smallest absolute Gasteiger partial charge is 0.126 e. The van der Waals surface area contributed by atoms with E-state index in [2.05, 4.69) is 25.6 Å². The maximum absolute atomic E-state index is 5.75. The van der Waals surface area contributed by atoms with E-state index in [1.165, 1.54) is 11.1 Å². The van der Waals surface area contributed by atoms with Crippen molar-refractivity contribution in [2.45, 2.75) is 19.4 Å². The lowest BCUT2D eigenvalue weighted by molar-refractivity contribution is 0.0761. The Hall–Kier alpha value is -1.28. The van der Waals surface area contributed by atoms with Gasteiger partial charge < -0.3 is 9.47 Å². The summed E-state index contributed by atoms with van der Waals surface area (Å²) < 4.78 is 11.1. The fourth-order valence-corrected chi connectivity index (χ4v) is 1.82. The SMILES string of the molecule is C=CCOCC1Cc2cc(C)ccc2O1. The van der Waals surface area contributed by atoms with Gasteiger partial charge in [0, 0.05) is 6.42 Å². The third-order valence-electron chi connectivity index (χ3n) is 2.50. The predicted octanol–water partition coefficient (Wildman–Crippen LogP) is 2.50. The molecular weight excluding hydrogens is 188 g/mol. The molecule has 0 aromatic heterocycles. The van der Waals surface area contributed by atoms with E-state index < -0.39 is 0 Å². The van der Waals surface area contributed by atoms with Crippen molar-refractivity contribution < 1.29 is 9.47 Å². The molecule has 1 aliphatic rings. The number of benzene rings is 1. The number of hydrogen-bond donors (Lipinski definition) is 0. The van der Waals surface area contributed by atoms with Crippen LogP contribution in [0.2, 0.25) is 0 Å². The minimum absolute atomic E-state index is 0.168. The van der Waals surface area contributed by atoms with E-state index >= 15 is 0 Å². The summed E-state index contributed by atoms with van der Waals surface area (Å²) in [6, 6.07) is 6.30. The van der Waals surface area contributed by atoms with Gasteiger partial charge in [0.1, 0.15) is 11.9 Å². The number of fused-ring (bicyclic) bond motifs is 1. The van der Waals surface area contributed by atoms with Gasteiger partial charge in [0.05, 0.1) is 13.2 Å². The molecule has 1 aromatic carbocycles. The van der Waals surface area contributed by atoms with Crippen molar-refractivity contribution in [1.82, 2.24) is 0 Å². The second-order valence-electron chi connectivity index (χ2n) is 3.88. The van der Waals surface area contributed by atoms with Gasteiger partial charge in [-0.15, -0.1) is 6.58 Å². The lowest BCUT2D eigenvalue weighted by Crippen LogP contribution is -2.20. The van der Waals surface area contributed by atoms with Crippen LogP contribution in [0.5, 0.6) is 5.75 Å². The van der Waals surface area contributed by atoms with Crippen molar-refractivity contribution in [1.29, 1.82) is 0 Å². The molecule has 0 amide bonds. The van der Waals surface area contributed by atoms with E-state index in [-0.39, 0.29) is 6.10 Å². The van der Waals surface area contributed by atoms with Crippen LogP contribution in [0.1, 0.15) is 11.1 Å². The van der Waals surface area contributed by atoms with E-state index in [1.54, 1.807) is 6.08 Å². The first-order valence-electron chi connectivity index (χ1n) is 5.24. The summed E-state index contributed by atoms with van der Waals surface area (Å²) in [7, 11) is 0. The fourth-order valence-electron chi connectivity index (χ4n) is 1.82. The van der Waals surface area contributed by atoms with E-state index in [9.17, 15) is 0 Å². The molecular formula is C13H16O2. The van der Waals surface area contributed by atoms with Gasteiger partial charge in [-0.05, 0) is 18.6 Å². The highest BCUT2D eigenvalue weighted by Gasteiger charge is 2.22. The van der Waals surface area contributed by atoms with Gasteiger partial charge in [-0.25, -0.2) is 0 Å². The number of hydrogen-bond acceptors (Lipinski definition) is 2. The summed E-state index contributed by atoms with van der Waals surface area (Å²) in [5, 5.41) is 0. The van der Waals surface area contributed by atoms with Crippen molar-refractivity contribution in [2.75, 3.05) is 13.2 Å². The molecule has 0 N–H and O–H groups in total. The summed E-state index contributed by atoms with van der Waals surface area (Å²) in [5.74, 6) is 1.01. The Bertz CT molecular complexity index is 358. The van der Waals surface area contributed by atoms with Gasteiger partial charge in [-0.2, -0.15) is 0 Å². The van der Waals surface area contributed by atoms with Crippen LogP contribution in [0.4, 0.5) is 0 Å². The van der Waals surface area contributed by atoms with E-state index in [1.807, 2.05) is 6.07 Å². The zero-order valence-corrected chi connectivity index (χ0v) is 9.03. The van der Waals surface area contributed by atoms with Crippen LogP contribution in [-0.4, -0.2) is 19.3 Å². The van der Waals surface area contributed by atoms with Gasteiger partial charge >= 0.3 is 0 Å². The van der Waals surface area contributed by atoms with E-state index in [0.29, 0.717) is 13.2 Å². The highest BCUT2D eigenvalue weighted by atomic mass is 16.5. The lowest BCUT2D eigenvalue weighted by atomic mass is 10.1. The van der Waals surface area contributed by atoms with Crippen molar-refractivity contribution in [3.8, 4) is 5.75 Å². The molecule has 0 fully saturated rings. The minimum atomic E-state index is 0.168. The average molecular weight is 204 g/mol. The van der Waals surface area contributed by atoms with Crippen LogP contribution < -0.4 is 4.74 Å². The van der Waals surface area contributed by atoms with Crippen molar-refractivity contribution in [3.63, 3.8) is 0 Å². The molecule has 2 rings (SSSR count). The highest BCUT2D eigenvalue weighted by molar-refractivity contribution is 5.40. The van der Waals surface area contributed by atoms with Crippen LogP contribution >= 0.6 is 0 Å². The summed E-state index contributed by atoms with van der Waals surface area (Å²) in [5.41, 5.74) is 2.58. The maximum atomic E-state index is 5.75. The Morgan fingerprint density at radius 2 is 2.47 bits per heavy atom. The topological polar surface area (TPSA) is 18.5 Å². The molecule has 0 radical (unpaired) electrons. The van der Waals surface area contributed by atoms with Crippen molar-refractivity contribution in [2.24, 2.45) is 0 Å². The first-order chi connectivity index (χ1) is 7.29. The molecule has 80 valence electrons. The van der Waals surface area contributed by atoms with Crippen molar-refractivity contribution >= 4 is 0 Å². The summed E-state index contributed by atoms with van der Waals surface area (Å²) in [6.45, 7) is 6.94. The quantitative estimate of drug-likeness (QED) is 0.554. The van der Waals surface area contributed by atoms with Crippen LogP contribution in [0.15, 0.2) is 30.9 Å².